The maximum atomic E-state index is 12.7. The fourth-order valence-corrected chi connectivity index (χ4v) is 3.07. The minimum atomic E-state index is -4.58. The summed E-state index contributed by atoms with van der Waals surface area (Å²) < 4.78 is 34.7. The van der Waals surface area contributed by atoms with E-state index in [4.69, 9.17) is 0 Å². The lowest BCUT2D eigenvalue weighted by Crippen LogP contribution is -1.88. The molecule has 2 rings (SSSR count). The van der Waals surface area contributed by atoms with E-state index >= 15 is 0 Å². The van der Waals surface area contributed by atoms with Crippen LogP contribution in [0.25, 0.3) is 10.1 Å². The van der Waals surface area contributed by atoms with Gasteiger partial charge in [-0.15, -0.1) is 15.2 Å². The van der Waals surface area contributed by atoms with Crippen molar-refractivity contribution in [2.24, 2.45) is 0 Å². The molecule has 0 saturated carbocycles. The van der Waals surface area contributed by atoms with Gasteiger partial charge in [-0.2, -0.15) is 8.42 Å². The van der Waals surface area contributed by atoms with Crippen LogP contribution in [0.5, 0.6) is 0 Å². The lowest BCUT2D eigenvalue weighted by Gasteiger charge is -1.90. The summed E-state index contributed by atoms with van der Waals surface area (Å²) in [6, 6.07) is 6.82. The molecule has 0 radical (unpaired) electrons. The summed E-state index contributed by atoms with van der Waals surface area (Å²) >= 11 is 1.22. The molecule has 0 unspecified atom stereocenters. The van der Waals surface area contributed by atoms with Gasteiger partial charge in [-0.25, -0.2) is 0 Å². The number of rotatable bonds is 1. The number of hydrogen-bond donors (Lipinski definition) is 0. The van der Waals surface area contributed by atoms with Gasteiger partial charge in [0.15, 0.2) is 0 Å². The predicted molar refractivity (Wildman–Crippen MR) is 50.1 cm³/mol. The number of thiophene rings is 1. The topological polar surface area (TPSA) is 34.1 Å². The predicted octanol–water partition coefficient (Wildman–Crippen LogP) is 2.56. The van der Waals surface area contributed by atoms with Gasteiger partial charge in [0.2, 0.25) is 0 Å². The van der Waals surface area contributed by atoms with Crippen molar-refractivity contribution in [3.63, 3.8) is 0 Å². The van der Waals surface area contributed by atoms with Crippen LogP contribution in [0.1, 0.15) is 0 Å². The second-order valence-electron chi connectivity index (χ2n) is 2.53. The van der Waals surface area contributed by atoms with Gasteiger partial charge in [0.05, 0.1) is 0 Å². The van der Waals surface area contributed by atoms with Crippen molar-refractivity contribution >= 4 is 31.6 Å². The van der Waals surface area contributed by atoms with E-state index in [1.807, 2.05) is 0 Å². The Labute approximate surface area is 78.8 Å². The van der Waals surface area contributed by atoms with E-state index in [2.05, 4.69) is 0 Å². The normalized spacial score (nSPS) is 12.1. The quantitative estimate of drug-likeness (QED) is 0.686. The summed E-state index contributed by atoms with van der Waals surface area (Å²) in [5.41, 5.74) is 0. The molecule has 0 N–H and O–H groups in total. The van der Waals surface area contributed by atoms with Crippen LogP contribution in [-0.2, 0) is 10.2 Å². The maximum Gasteiger partial charge on any atom is 0.333 e. The molecule has 2 nitrogen and oxygen atoms in total. The summed E-state index contributed by atoms with van der Waals surface area (Å²) in [6.45, 7) is 0. The Morgan fingerprint density at radius 2 is 1.92 bits per heavy atom. The van der Waals surface area contributed by atoms with Crippen molar-refractivity contribution in [2.75, 3.05) is 0 Å². The summed E-state index contributed by atoms with van der Waals surface area (Å²) in [4.78, 5) is -0.229. The Balaban J connectivity index is 2.87. The number of benzene rings is 1. The zero-order valence-corrected chi connectivity index (χ0v) is 8.03. The van der Waals surface area contributed by atoms with Crippen molar-refractivity contribution in [3.8, 4) is 0 Å². The third kappa shape index (κ3) is 1.45. The van der Waals surface area contributed by atoms with Gasteiger partial charge in [-0.3, -0.25) is 0 Å². The molecule has 0 aliphatic rings. The molecule has 0 bridgehead atoms. The van der Waals surface area contributed by atoms with Crippen LogP contribution in [0.15, 0.2) is 34.5 Å². The Morgan fingerprint density at radius 1 is 1.23 bits per heavy atom. The van der Waals surface area contributed by atoms with E-state index in [1.165, 1.54) is 16.7 Å². The van der Waals surface area contributed by atoms with E-state index in [9.17, 15) is 12.3 Å². The number of halogens is 1. The van der Waals surface area contributed by atoms with Crippen LogP contribution in [0.3, 0.4) is 0 Å². The molecule has 0 atom stereocenters. The Morgan fingerprint density at radius 3 is 2.62 bits per heavy atom. The minimum absolute atomic E-state index is 0.229. The summed E-state index contributed by atoms with van der Waals surface area (Å²) in [6.07, 6.45) is 0. The number of fused-ring (bicyclic) bond motifs is 1. The van der Waals surface area contributed by atoms with Gasteiger partial charge in [0.25, 0.3) is 0 Å². The molecular formula is C8H5FO2S2. The third-order valence-corrected chi connectivity index (χ3v) is 3.68. The first kappa shape index (κ1) is 8.65. The zero-order chi connectivity index (χ0) is 9.47. The van der Waals surface area contributed by atoms with Crippen LogP contribution in [0.4, 0.5) is 3.89 Å². The lowest BCUT2D eigenvalue weighted by molar-refractivity contribution is 0.553. The second-order valence-corrected chi connectivity index (χ2v) is 4.76. The standard InChI is InChI=1S/C8H5FO2S2/c9-13(10,11)8-5-12-7-4-2-1-3-6(7)8/h1-5H. The molecule has 68 valence electrons. The fourth-order valence-electron chi connectivity index (χ4n) is 1.14. The number of hydrogen-bond acceptors (Lipinski definition) is 3. The van der Waals surface area contributed by atoms with E-state index in [-0.39, 0.29) is 4.90 Å². The summed E-state index contributed by atoms with van der Waals surface area (Å²) in [7, 11) is -4.58. The molecule has 1 aromatic carbocycles. The molecule has 0 amide bonds. The first-order chi connectivity index (χ1) is 6.09. The zero-order valence-electron chi connectivity index (χ0n) is 6.40. The largest absolute Gasteiger partial charge is 0.333 e. The Bertz CT molecular complexity index is 542. The first-order valence-electron chi connectivity index (χ1n) is 3.50. The molecule has 1 heterocycles. The van der Waals surface area contributed by atoms with Crippen molar-refractivity contribution in [1.29, 1.82) is 0 Å². The van der Waals surface area contributed by atoms with Gasteiger partial charge in [0, 0.05) is 15.5 Å². The van der Waals surface area contributed by atoms with Gasteiger partial charge in [-0.05, 0) is 6.07 Å². The van der Waals surface area contributed by atoms with Crippen LogP contribution in [-0.4, -0.2) is 8.42 Å². The van der Waals surface area contributed by atoms with Gasteiger partial charge < -0.3 is 0 Å². The van der Waals surface area contributed by atoms with Crippen molar-refractivity contribution < 1.29 is 12.3 Å². The SMILES string of the molecule is O=S(=O)(F)c1csc2ccccc12. The molecule has 1 aromatic heterocycles. The highest BCUT2D eigenvalue weighted by Gasteiger charge is 2.16. The van der Waals surface area contributed by atoms with Gasteiger partial charge in [0.1, 0.15) is 4.90 Å². The monoisotopic (exact) mass is 216 g/mol. The molecule has 2 aromatic rings. The van der Waals surface area contributed by atoms with E-state index < -0.39 is 10.2 Å². The molecule has 13 heavy (non-hydrogen) atoms. The van der Waals surface area contributed by atoms with E-state index in [0.29, 0.717) is 5.39 Å². The average Bonchev–Trinajstić information content (AvgIpc) is 2.45. The van der Waals surface area contributed by atoms with Crippen LogP contribution >= 0.6 is 11.3 Å². The van der Waals surface area contributed by atoms with Crippen LogP contribution < -0.4 is 0 Å². The van der Waals surface area contributed by atoms with Crippen molar-refractivity contribution in [1.82, 2.24) is 0 Å². The van der Waals surface area contributed by atoms with Crippen molar-refractivity contribution in [3.05, 3.63) is 29.6 Å². The highest BCUT2D eigenvalue weighted by Crippen LogP contribution is 2.29. The molecular weight excluding hydrogens is 211 g/mol. The van der Waals surface area contributed by atoms with Gasteiger partial charge in [-0.1, -0.05) is 18.2 Å². The maximum absolute atomic E-state index is 12.7. The smallest absolute Gasteiger partial charge is 0.189 e. The molecule has 0 fully saturated rings. The van der Waals surface area contributed by atoms with Crippen molar-refractivity contribution in [2.45, 2.75) is 4.90 Å². The highest BCUT2D eigenvalue weighted by atomic mass is 32.3. The average molecular weight is 216 g/mol. The van der Waals surface area contributed by atoms with Crippen LogP contribution in [0, 0.1) is 0 Å². The van der Waals surface area contributed by atoms with Crippen LogP contribution in [0.2, 0.25) is 0 Å². The summed E-state index contributed by atoms with van der Waals surface area (Å²) in [5.74, 6) is 0. The molecule has 0 aliphatic heterocycles. The Kier molecular flexibility index (Phi) is 1.85. The van der Waals surface area contributed by atoms with E-state index in [0.717, 1.165) is 4.70 Å². The highest BCUT2D eigenvalue weighted by molar-refractivity contribution is 7.86. The minimum Gasteiger partial charge on any atom is -0.189 e. The Hall–Kier alpha value is -0.940. The lowest BCUT2D eigenvalue weighted by atomic mass is 10.3. The summed E-state index contributed by atoms with van der Waals surface area (Å²) in [5, 5.41) is 1.77. The third-order valence-electron chi connectivity index (χ3n) is 1.71. The molecule has 0 spiro atoms. The second kappa shape index (κ2) is 2.78. The molecule has 5 heteroatoms. The first-order valence-corrected chi connectivity index (χ1v) is 5.76. The molecule has 0 saturated heterocycles. The van der Waals surface area contributed by atoms with E-state index in [1.54, 1.807) is 24.3 Å². The molecule has 0 aliphatic carbocycles. The fraction of sp³-hybridized carbons (Fsp3) is 0. The van der Waals surface area contributed by atoms with Gasteiger partial charge >= 0.3 is 10.2 Å².